The van der Waals surface area contributed by atoms with E-state index in [9.17, 15) is 4.79 Å². The number of benzene rings is 2. The van der Waals surface area contributed by atoms with Crippen molar-refractivity contribution < 1.29 is 14.7 Å². The predicted octanol–water partition coefficient (Wildman–Crippen LogP) is 3.48. The molecule has 0 atom stereocenters. The van der Waals surface area contributed by atoms with Crippen molar-refractivity contribution in [3.05, 3.63) is 66.4 Å². The summed E-state index contributed by atoms with van der Waals surface area (Å²) in [6.45, 7) is 0. The number of ether oxygens (including phenoxy) is 1. The van der Waals surface area contributed by atoms with Gasteiger partial charge in [0, 0.05) is 23.2 Å². The van der Waals surface area contributed by atoms with Crippen LogP contribution in [0.25, 0.3) is 17.0 Å². The third kappa shape index (κ3) is 2.99. The first-order valence-corrected chi connectivity index (χ1v) is 6.72. The Balaban J connectivity index is 1.86. The average Bonchev–Trinajstić information content (AvgIpc) is 2.96. The molecule has 0 aliphatic heterocycles. The lowest BCUT2D eigenvalue weighted by Gasteiger charge is -2.03. The number of rotatable bonds is 4. The molecule has 1 aromatic heterocycles. The predicted molar refractivity (Wildman–Crippen MR) is 83.8 cm³/mol. The van der Waals surface area contributed by atoms with E-state index in [0.29, 0.717) is 0 Å². The van der Waals surface area contributed by atoms with E-state index < -0.39 is 5.91 Å². The van der Waals surface area contributed by atoms with Crippen LogP contribution in [0.15, 0.2) is 60.8 Å². The monoisotopic (exact) mass is 294 g/mol. The quantitative estimate of drug-likeness (QED) is 0.392. The van der Waals surface area contributed by atoms with Gasteiger partial charge in [-0.05, 0) is 35.9 Å². The van der Waals surface area contributed by atoms with Gasteiger partial charge in [0.15, 0.2) is 5.75 Å². The highest BCUT2D eigenvalue weighted by molar-refractivity contribution is 5.92. The Morgan fingerprint density at radius 2 is 2.00 bits per heavy atom. The van der Waals surface area contributed by atoms with Gasteiger partial charge >= 0.3 is 0 Å². The Kier molecular flexibility index (Phi) is 3.89. The van der Waals surface area contributed by atoms with E-state index in [4.69, 9.17) is 9.94 Å². The maximum Gasteiger partial charge on any atom is 0.267 e. The number of hydrogen-bond acceptors (Lipinski definition) is 3. The van der Waals surface area contributed by atoms with Gasteiger partial charge in [-0.3, -0.25) is 10.0 Å². The molecule has 0 fully saturated rings. The highest BCUT2D eigenvalue weighted by Crippen LogP contribution is 2.30. The summed E-state index contributed by atoms with van der Waals surface area (Å²) in [7, 11) is 0. The van der Waals surface area contributed by atoms with E-state index in [1.807, 2.05) is 48.5 Å². The lowest BCUT2D eigenvalue weighted by molar-refractivity contribution is -0.124. The standard InChI is InChI=1S/C17H14N2O3/c20-17(19-21)9-7-12-6-8-14-15(10-12)18-11-16(14)22-13-4-2-1-3-5-13/h1-11,18,21H,(H,19,20). The summed E-state index contributed by atoms with van der Waals surface area (Å²) in [5, 5.41) is 9.41. The van der Waals surface area contributed by atoms with Gasteiger partial charge in [-0.25, -0.2) is 5.48 Å². The van der Waals surface area contributed by atoms with Crippen LogP contribution in [0.3, 0.4) is 0 Å². The molecule has 0 aliphatic rings. The Labute approximate surface area is 126 Å². The highest BCUT2D eigenvalue weighted by atomic mass is 16.5. The second-order valence-electron chi connectivity index (χ2n) is 4.68. The molecular weight excluding hydrogens is 280 g/mol. The van der Waals surface area contributed by atoms with E-state index in [1.54, 1.807) is 17.8 Å². The molecule has 0 unspecified atom stereocenters. The third-order valence-corrected chi connectivity index (χ3v) is 3.18. The first kappa shape index (κ1) is 13.9. The van der Waals surface area contributed by atoms with Crippen LogP contribution in [0.2, 0.25) is 0 Å². The second kappa shape index (κ2) is 6.15. The van der Waals surface area contributed by atoms with Crippen LogP contribution in [-0.2, 0) is 4.79 Å². The number of carbonyl (C=O) groups is 1. The summed E-state index contributed by atoms with van der Waals surface area (Å²) in [6.07, 6.45) is 4.67. The van der Waals surface area contributed by atoms with Crippen molar-refractivity contribution in [1.29, 1.82) is 0 Å². The molecular formula is C17H14N2O3. The Morgan fingerprint density at radius 1 is 1.18 bits per heavy atom. The minimum Gasteiger partial charge on any atom is -0.455 e. The molecule has 0 radical (unpaired) electrons. The topological polar surface area (TPSA) is 74.4 Å². The molecule has 3 N–H and O–H groups in total. The number of hydrogen-bond donors (Lipinski definition) is 3. The molecule has 5 heteroatoms. The molecule has 110 valence electrons. The molecule has 0 bridgehead atoms. The van der Waals surface area contributed by atoms with Crippen LogP contribution in [0.1, 0.15) is 5.56 Å². The summed E-state index contributed by atoms with van der Waals surface area (Å²) in [6, 6.07) is 15.2. The molecule has 0 saturated carbocycles. The van der Waals surface area contributed by atoms with Gasteiger partial charge in [-0.1, -0.05) is 24.3 Å². The molecule has 22 heavy (non-hydrogen) atoms. The summed E-state index contributed by atoms with van der Waals surface area (Å²) < 4.78 is 5.84. The van der Waals surface area contributed by atoms with Crippen molar-refractivity contribution in [3.63, 3.8) is 0 Å². The van der Waals surface area contributed by atoms with E-state index in [2.05, 4.69) is 4.98 Å². The van der Waals surface area contributed by atoms with Crippen LogP contribution in [0, 0.1) is 0 Å². The number of amides is 1. The number of nitrogens with one attached hydrogen (secondary N) is 2. The lowest BCUT2D eigenvalue weighted by atomic mass is 10.1. The largest absolute Gasteiger partial charge is 0.455 e. The van der Waals surface area contributed by atoms with Crippen molar-refractivity contribution in [2.75, 3.05) is 0 Å². The van der Waals surface area contributed by atoms with E-state index >= 15 is 0 Å². The van der Waals surface area contributed by atoms with E-state index in [1.165, 1.54) is 6.08 Å². The highest BCUT2D eigenvalue weighted by Gasteiger charge is 2.06. The first-order valence-electron chi connectivity index (χ1n) is 6.72. The Bertz CT molecular complexity index is 822. The van der Waals surface area contributed by atoms with Crippen molar-refractivity contribution >= 4 is 22.9 Å². The molecule has 0 aliphatic carbocycles. The number of H-pyrrole nitrogens is 1. The molecule has 5 nitrogen and oxygen atoms in total. The van der Waals surface area contributed by atoms with Crippen molar-refractivity contribution in [3.8, 4) is 11.5 Å². The maximum absolute atomic E-state index is 11.0. The molecule has 0 spiro atoms. The van der Waals surface area contributed by atoms with Crippen LogP contribution >= 0.6 is 0 Å². The Morgan fingerprint density at radius 3 is 2.77 bits per heavy atom. The normalized spacial score (nSPS) is 11.0. The molecule has 3 rings (SSSR count). The summed E-state index contributed by atoms with van der Waals surface area (Å²) in [4.78, 5) is 14.1. The molecule has 1 heterocycles. The molecule has 0 saturated heterocycles. The molecule has 2 aromatic carbocycles. The summed E-state index contributed by atoms with van der Waals surface area (Å²) in [5.41, 5.74) is 3.29. The van der Waals surface area contributed by atoms with Gasteiger partial charge < -0.3 is 9.72 Å². The van der Waals surface area contributed by atoms with Gasteiger partial charge in [0.05, 0.1) is 0 Å². The van der Waals surface area contributed by atoms with E-state index in [-0.39, 0.29) is 0 Å². The number of fused-ring (bicyclic) bond motifs is 1. The van der Waals surface area contributed by atoms with Crippen LogP contribution < -0.4 is 10.2 Å². The fourth-order valence-corrected chi connectivity index (χ4v) is 2.13. The minimum absolute atomic E-state index is 0.570. The van der Waals surface area contributed by atoms with Gasteiger partial charge in [0.1, 0.15) is 5.75 Å². The second-order valence-corrected chi connectivity index (χ2v) is 4.68. The SMILES string of the molecule is O=C(C=Cc1ccc2c(Oc3ccccc3)c[nH]c2c1)NO. The zero-order valence-electron chi connectivity index (χ0n) is 11.6. The van der Waals surface area contributed by atoms with Crippen LogP contribution in [0.4, 0.5) is 0 Å². The van der Waals surface area contributed by atoms with Gasteiger partial charge in [0.2, 0.25) is 0 Å². The van der Waals surface area contributed by atoms with Crippen molar-refractivity contribution in [1.82, 2.24) is 10.5 Å². The smallest absolute Gasteiger partial charge is 0.267 e. The van der Waals surface area contributed by atoms with Gasteiger partial charge in [-0.15, -0.1) is 0 Å². The average molecular weight is 294 g/mol. The number of carbonyl (C=O) groups excluding carboxylic acids is 1. The van der Waals surface area contributed by atoms with Gasteiger partial charge in [0.25, 0.3) is 5.91 Å². The Hall–Kier alpha value is -3.05. The number of para-hydroxylation sites is 1. The van der Waals surface area contributed by atoms with Gasteiger partial charge in [-0.2, -0.15) is 0 Å². The number of aromatic nitrogens is 1. The van der Waals surface area contributed by atoms with Crippen molar-refractivity contribution in [2.45, 2.75) is 0 Å². The molecule has 3 aromatic rings. The minimum atomic E-state index is -0.570. The summed E-state index contributed by atoms with van der Waals surface area (Å²) in [5.74, 6) is 0.941. The summed E-state index contributed by atoms with van der Waals surface area (Å²) >= 11 is 0. The van der Waals surface area contributed by atoms with Crippen molar-refractivity contribution in [2.24, 2.45) is 0 Å². The molecule has 1 amide bonds. The third-order valence-electron chi connectivity index (χ3n) is 3.18. The van der Waals surface area contributed by atoms with Crippen LogP contribution in [-0.4, -0.2) is 16.1 Å². The zero-order valence-corrected chi connectivity index (χ0v) is 11.6. The van der Waals surface area contributed by atoms with E-state index in [0.717, 1.165) is 28.0 Å². The fraction of sp³-hybridized carbons (Fsp3) is 0. The number of aromatic amines is 1. The first-order chi connectivity index (χ1) is 10.8. The maximum atomic E-state index is 11.0. The van der Waals surface area contributed by atoms with Crippen LogP contribution in [0.5, 0.6) is 11.5 Å². The fourth-order valence-electron chi connectivity index (χ4n) is 2.13. The lowest BCUT2D eigenvalue weighted by Crippen LogP contribution is -2.14. The number of hydroxylamine groups is 1. The zero-order chi connectivity index (χ0) is 15.4.